The van der Waals surface area contributed by atoms with Crippen LogP contribution in [0, 0.1) is 6.92 Å². The zero-order valence-electron chi connectivity index (χ0n) is 11.7. The molecule has 2 nitrogen and oxygen atoms in total. The number of rotatable bonds is 10. The first-order chi connectivity index (χ1) is 8.75. The molecule has 1 aromatic rings. The Kier molecular flexibility index (Phi) is 7.90. The second-order valence-corrected chi connectivity index (χ2v) is 5.77. The van der Waals surface area contributed by atoms with E-state index in [1.807, 2.05) is 6.92 Å². The van der Waals surface area contributed by atoms with Crippen molar-refractivity contribution in [3.63, 3.8) is 0 Å². The molecule has 0 radical (unpaired) electrons. The molecule has 0 saturated heterocycles. The van der Waals surface area contributed by atoms with Gasteiger partial charge < -0.3 is 0 Å². The summed E-state index contributed by atoms with van der Waals surface area (Å²) in [5, 5.41) is 0. The van der Waals surface area contributed by atoms with Crippen molar-refractivity contribution in [1.29, 1.82) is 0 Å². The largest absolute Gasteiger partial charge is 0.293 e. The Hall–Kier alpha value is -0.700. The highest BCUT2D eigenvalue weighted by Crippen LogP contribution is 2.17. The van der Waals surface area contributed by atoms with E-state index in [1.54, 1.807) is 5.51 Å². The van der Waals surface area contributed by atoms with E-state index in [0.29, 0.717) is 6.42 Å². The number of carbonyl (C=O) groups excluding carboxylic acids is 1. The summed E-state index contributed by atoms with van der Waals surface area (Å²) in [6.45, 7) is 4.16. The van der Waals surface area contributed by atoms with Crippen molar-refractivity contribution in [1.82, 2.24) is 4.98 Å². The molecule has 0 amide bonds. The molecule has 102 valence electrons. The van der Waals surface area contributed by atoms with Crippen molar-refractivity contribution >= 4 is 17.1 Å². The van der Waals surface area contributed by atoms with E-state index in [4.69, 9.17) is 0 Å². The summed E-state index contributed by atoms with van der Waals surface area (Å²) in [6, 6.07) is 0. The molecule has 3 heteroatoms. The molecule has 1 aromatic heterocycles. The van der Waals surface area contributed by atoms with Crippen molar-refractivity contribution in [2.45, 2.75) is 71.6 Å². The number of nitrogens with zero attached hydrogens (tertiary/aromatic N) is 1. The van der Waals surface area contributed by atoms with E-state index in [1.165, 1.54) is 56.3 Å². The fourth-order valence-electron chi connectivity index (χ4n) is 2.10. The van der Waals surface area contributed by atoms with Crippen molar-refractivity contribution < 1.29 is 4.79 Å². The fourth-order valence-corrected chi connectivity index (χ4v) is 2.88. The fraction of sp³-hybridized carbons (Fsp3) is 0.733. The molecule has 0 N–H and O–H groups in total. The van der Waals surface area contributed by atoms with Gasteiger partial charge >= 0.3 is 0 Å². The SMILES string of the molecule is CCCCCCCCCCC(=O)c1scnc1C. The third-order valence-corrected chi connectivity index (χ3v) is 4.23. The monoisotopic (exact) mass is 267 g/mol. The average Bonchev–Trinajstić information content (AvgIpc) is 2.79. The highest BCUT2D eigenvalue weighted by Gasteiger charge is 2.10. The van der Waals surface area contributed by atoms with Gasteiger partial charge in [-0.15, -0.1) is 11.3 Å². The molecule has 0 aromatic carbocycles. The number of Topliss-reactive ketones (excluding diaryl/α,β-unsaturated/α-hetero) is 1. The normalized spacial score (nSPS) is 10.8. The second-order valence-electron chi connectivity index (χ2n) is 4.91. The molecule has 0 bridgehead atoms. The van der Waals surface area contributed by atoms with E-state index in [9.17, 15) is 4.79 Å². The Bertz CT molecular complexity index is 346. The van der Waals surface area contributed by atoms with Crippen LogP contribution in [0.15, 0.2) is 5.51 Å². The Labute approximate surface area is 115 Å². The number of aromatic nitrogens is 1. The molecule has 1 heterocycles. The van der Waals surface area contributed by atoms with Gasteiger partial charge in [0.25, 0.3) is 0 Å². The van der Waals surface area contributed by atoms with E-state index in [2.05, 4.69) is 11.9 Å². The maximum Gasteiger partial charge on any atom is 0.174 e. The maximum absolute atomic E-state index is 11.9. The van der Waals surface area contributed by atoms with Crippen LogP contribution in [0.1, 0.15) is 80.1 Å². The predicted octanol–water partition coefficient (Wildman–Crippen LogP) is 5.17. The van der Waals surface area contributed by atoms with Gasteiger partial charge in [-0.3, -0.25) is 4.79 Å². The number of carbonyl (C=O) groups is 1. The smallest absolute Gasteiger partial charge is 0.174 e. The first kappa shape index (κ1) is 15.4. The van der Waals surface area contributed by atoms with Gasteiger partial charge in [0.1, 0.15) is 0 Å². The minimum Gasteiger partial charge on any atom is -0.293 e. The minimum atomic E-state index is 0.279. The quantitative estimate of drug-likeness (QED) is 0.432. The summed E-state index contributed by atoms with van der Waals surface area (Å²) in [7, 11) is 0. The van der Waals surface area contributed by atoms with Gasteiger partial charge in [-0.25, -0.2) is 4.98 Å². The van der Waals surface area contributed by atoms with E-state index >= 15 is 0 Å². The van der Waals surface area contributed by atoms with E-state index in [0.717, 1.165) is 17.0 Å². The van der Waals surface area contributed by atoms with Crippen LogP contribution in [-0.2, 0) is 0 Å². The van der Waals surface area contributed by atoms with Crippen LogP contribution in [0.4, 0.5) is 0 Å². The second kappa shape index (κ2) is 9.26. The van der Waals surface area contributed by atoms with Gasteiger partial charge in [0, 0.05) is 6.42 Å². The number of hydrogen-bond acceptors (Lipinski definition) is 3. The van der Waals surface area contributed by atoms with E-state index in [-0.39, 0.29) is 5.78 Å². The predicted molar refractivity (Wildman–Crippen MR) is 78.4 cm³/mol. The topological polar surface area (TPSA) is 30.0 Å². The molecule has 0 unspecified atom stereocenters. The highest BCUT2D eigenvalue weighted by molar-refractivity contribution is 7.11. The van der Waals surface area contributed by atoms with Crippen LogP contribution in [-0.4, -0.2) is 10.8 Å². The molecule has 0 fully saturated rings. The first-order valence-corrected chi connectivity index (χ1v) is 8.07. The number of hydrogen-bond donors (Lipinski definition) is 0. The lowest BCUT2D eigenvalue weighted by atomic mass is 10.1. The summed E-state index contributed by atoms with van der Waals surface area (Å²) in [6.07, 6.45) is 10.9. The Morgan fingerprint density at radius 3 is 2.28 bits per heavy atom. The van der Waals surface area contributed by atoms with Crippen LogP contribution < -0.4 is 0 Å². The highest BCUT2D eigenvalue weighted by atomic mass is 32.1. The summed E-state index contributed by atoms with van der Waals surface area (Å²) in [5.74, 6) is 0.279. The summed E-state index contributed by atoms with van der Waals surface area (Å²) >= 11 is 1.47. The molecule has 18 heavy (non-hydrogen) atoms. The first-order valence-electron chi connectivity index (χ1n) is 7.19. The standard InChI is InChI=1S/C15H25NOS/c1-3-4-5-6-7-8-9-10-11-14(17)15-13(2)16-12-18-15/h12H,3-11H2,1-2H3. The lowest BCUT2D eigenvalue weighted by Gasteiger charge is -2.01. The molecule has 0 aliphatic heterocycles. The maximum atomic E-state index is 11.9. The summed E-state index contributed by atoms with van der Waals surface area (Å²) < 4.78 is 0. The lowest BCUT2D eigenvalue weighted by Crippen LogP contribution is -1.98. The molecule has 0 saturated carbocycles. The summed E-state index contributed by atoms with van der Waals surface area (Å²) in [5.41, 5.74) is 2.65. The number of aryl methyl sites for hydroxylation is 1. The molecule has 0 aliphatic carbocycles. The van der Waals surface area contributed by atoms with Crippen molar-refractivity contribution in [3.8, 4) is 0 Å². The van der Waals surface area contributed by atoms with Crippen LogP contribution in [0.25, 0.3) is 0 Å². The van der Waals surface area contributed by atoms with Crippen LogP contribution in [0.2, 0.25) is 0 Å². The third kappa shape index (κ3) is 5.76. The van der Waals surface area contributed by atoms with Crippen LogP contribution in [0.3, 0.4) is 0 Å². The molecule has 0 aliphatic rings. The van der Waals surface area contributed by atoms with Crippen LogP contribution in [0.5, 0.6) is 0 Å². The lowest BCUT2D eigenvalue weighted by molar-refractivity contribution is 0.0982. The minimum absolute atomic E-state index is 0.279. The molecular formula is C15H25NOS. The third-order valence-electron chi connectivity index (χ3n) is 3.26. The van der Waals surface area contributed by atoms with Gasteiger partial charge in [0.05, 0.1) is 16.1 Å². The van der Waals surface area contributed by atoms with Crippen molar-refractivity contribution in [2.75, 3.05) is 0 Å². The number of thiazole rings is 1. The Morgan fingerprint density at radius 2 is 1.72 bits per heavy atom. The Morgan fingerprint density at radius 1 is 1.11 bits per heavy atom. The zero-order valence-corrected chi connectivity index (χ0v) is 12.5. The average molecular weight is 267 g/mol. The number of unbranched alkanes of at least 4 members (excludes halogenated alkanes) is 7. The van der Waals surface area contributed by atoms with Crippen molar-refractivity contribution in [3.05, 3.63) is 16.1 Å². The van der Waals surface area contributed by atoms with Gasteiger partial charge in [-0.1, -0.05) is 51.9 Å². The van der Waals surface area contributed by atoms with Gasteiger partial charge in [-0.2, -0.15) is 0 Å². The van der Waals surface area contributed by atoms with Gasteiger partial charge in [-0.05, 0) is 13.3 Å². The molecule has 1 rings (SSSR count). The summed E-state index contributed by atoms with van der Waals surface area (Å²) in [4.78, 5) is 16.9. The van der Waals surface area contributed by atoms with Crippen molar-refractivity contribution in [2.24, 2.45) is 0 Å². The molecule has 0 atom stereocenters. The van der Waals surface area contributed by atoms with Gasteiger partial charge in [0.2, 0.25) is 0 Å². The van der Waals surface area contributed by atoms with Crippen LogP contribution >= 0.6 is 11.3 Å². The van der Waals surface area contributed by atoms with Gasteiger partial charge in [0.15, 0.2) is 5.78 Å². The Balaban J connectivity index is 2.01. The number of ketones is 1. The molecule has 0 spiro atoms. The zero-order chi connectivity index (χ0) is 13.2. The van der Waals surface area contributed by atoms with E-state index < -0.39 is 0 Å². The molecular weight excluding hydrogens is 242 g/mol.